The molecule has 92 valence electrons. The highest BCUT2D eigenvalue weighted by Gasteiger charge is 2.12. The van der Waals surface area contributed by atoms with Crippen LogP contribution in [0.2, 0.25) is 0 Å². The molecule has 0 unspecified atom stereocenters. The summed E-state index contributed by atoms with van der Waals surface area (Å²) in [6, 6.07) is 3.67. The third-order valence-electron chi connectivity index (χ3n) is 2.07. The highest BCUT2D eigenvalue weighted by Crippen LogP contribution is 2.09. The van der Waals surface area contributed by atoms with Crippen molar-refractivity contribution in [2.75, 3.05) is 0 Å². The van der Waals surface area contributed by atoms with Crippen LogP contribution in [0, 0.1) is 5.92 Å². The van der Waals surface area contributed by atoms with Crippen molar-refractivity contribution in [1.29, 1.82) is 0 Å². The molecule has 0 radical (unpaired) electrons. The number of carbonyl (C=O) groups excluding carboxylic acids is 1. The predicted octanol–water partition coefficient (Wildman–Crippen LogP) is 3.07. The molecule has 1 heterocycles. The molecule has 0 saturated heterocycles. The standard InChI is InChI=1S/C13H18N2O2/c1-9(2)12(11-5-7-14-8-6-11)15-13(16)17-10(3)4/h5-10H,1-4H3/b15-12-. The number of ether oxygens (including phenoxy) is 1. The van der Waals surface area contributed by atoms with Gasteiger partial charge < -0.3 is 4.74 Å². The molecule has 1 aromatic heterocycles. The molecule has 0 N–H and O–H groups in total. The lowest BCUT2D eigenvalue weighted by atomic mass is 10.0. The Kier molecular flexibility index (Phi) is 4.82. The summed E-state index contributed by atoms with van der Waals surface area (Å²) in [5, 5.41) is 0. The van der Waals surface area contributed by atoms with Crippen LogP contribution >= 0.6 is 0 Å². The second-order valence-electron chi connectivity index (χ2n) is 4.32. The third-order valence-corrected chi connectivity index (χ3v) is 2.07. The van der Waals surface area contributed by atoms with E-state index in [0.29, 0.717) is 0 Å². The molecule has 4 heteroatoms. The van der Waals surface area contributed by atoms with Gasteiger partial charge in [-0.2, -0.15) is 4.99 Å². The minimum Gasteiger partial charge on any atom is -0.445 e. The molecule has 1 aromatic rings. The van der Waals surface area contributed by atoms with Gasteiger partial charge in [0.15, 0.2) is 0 Å². The minimum atomic E-state index is -0.541. The van der Waals surface area contributed by atoms with E-state index in [1.165, 1.54) is 0 Å². The van der Waals surface area contributed by atoms with Crippen LogP contribution in [0.15, 0.2) is 29.5 Å². The molecular formula is C13H18N2O2. The molecule has 0 spiro atoms. The number of carbonyl (C=O) groups is 1. The van der Waals surface area contributed by atoms with E-state index < -0.39 is 6.09 Å². The molecule has 0 aliphatic rings. The van der Waals surface area contributed by atoms with E-state index in [9.17, 15) is 4.79 Å². The van der Waals surface area contributed by atoms with Crippen LogP contribution in [0.25, 0.3) is 0 Å². The van der Waals surface area contributed by atoms with Crippen LogP contribution in [0.1, 0.15) is 33.3 Å². The molecule has 0 aliphatic heterocycles. The zero-order valence-corrected chi connectivity index (χ0v) is 10.7. The normalized spacial score (nSPS) is 12.0. The first-order valence-corrected chi connectivity index (χ1v) is 5.70. The SMILES string of the molecule is CC(C)OC(=O)/N=C(\c1ccncc1)C(C)C. The molecule has 0 fully saturated rings. The van der Waals surface area contributed by atoms with Gasteiger partial charge in [0, 0.05) is 12.4 Å². The molecule has 1 amide bonds. The van der Waals surface area contributed by atoms with Crippen molar-refractivity contribution in [2.45, 2.75) is 33.8 Å². The number of aromatic nitrogens is 1. The Labute approximate surface area is 102 Å². The van der Waals surface area contributed by atoms with Gasteiger partial charge in [0.25, 0.3) is 0 Å². The zero-order chi connectivity index (χ0) is 12.8. The van der Waals surface area contributed by atoms with Crippen molar-refractivity contribution >= 4 is 11.8 Å². The lowest BCUT2D eigenvalue weighted by Crippen LogP contribution is -2.15. The molecule has 1 rings (SSSR count). The molecule has 4 nitrogen and oxygen atoms in total. The predicted molar refractivity (Wildman–Crippen MR) is 67.2 cm³/mol. The zero-order valence-electron chi connectivity index (χ0n) is 10.7. The summed E-state index contributed by atoms with van der Waals surface area (Å²) in [6.07, 6.45) is 2.67. The van der Waals surface area contributed by atoms with Gasteiger partial charge in [0.05, 0.1) is 11.8 Å². The van der Waals surface area contributed by atoms with Crippen molar-refractivity contribution in [3.63, 3.8) is 0 Å². The Bertz CT molecular complexity index is 397. The number of pyridine rings is 1. The average Bonchev–Trinajstić information content (AvgIpc) is 2.25. The van der Waals surface area contributed by atoms with E-state index in [4.69, 9.17) is 4.74 Å². The van der Waals surface area contributed by atoms with Crippen LogP contribution in [0.5, 0.6) is 0 Å². The minimum absolute atomic E-state index is 0.150. The highest BCUT2D eigenvalue weighted by molar-refractivity contribution is 6.06. The molecule has 0 aliphatic carbocycles. The second-order valence-corrected chi connectivity index (χ2v) is 4.32. The van der Waals surface area contributed by atoms with Crippen molar-refractivity contribution in [2.24, 2.45) is 10.9 Å². The largest absolute Gasteiger partial charge is 0.445 e. The Morgan fingerprint density at radius 3 is 2.29 bits per heavy atom. The van der Waals surface area contributed by atoms with Crippen molar-refractivity contribution in [3.8, 4) is 0 Å². The quantitative estimate of drug-likeness (QED) is 0.755. The van der Waals surface area contributed by atoms with E-state index in [-0.39, 0.29) is 12.0 Å². The van der Waals surface area contributed by atoms with Gasteiger partial charge in [-0.05, 0) is 37.5 Å². The van der Waals surface area contributed by atoms with Gasteiger partial charge in [-0.3, -0.25) is 4.98 Å². The summed E-state index contributed by atoms with van der Waals surface area (Å²) >= 11 is 0. The van der Waals surface area contributed by atoms with E-state index in [0.717, 1.165) is 11.3 Å². The fourth-order valence-electron chi connectivity index (χ4n) is 1.38. The van der Waals surface area contributed by atoms with Gasteiger partial charge in [0.1, 0.15) is 0 Å². The van der Waals surface area contributed by atoms with Crippen molar-refractivity contribution in [3.05, 3.63) is 30.1 Å². The number of hydrogen-bond donors (Lipinski definition) is 0. The Hall–Kier alpha value is -1.71. The van der Waals surface area contributed by atoms with Crippen molar-refractivity contribution < 1.29 is 9.53 Å². The summed E-state index contributed by atoms with van der Waals surface area (Å²) < 4.78 is 5.01. The number of amides is 1. The van der Waals surface area contributed by atoms with E-state index in [1.54, 1.807) is 26.2 Å². The first-order chi connectivity index (χ1) is 8.00. The first-order valence-electron chi connectivity index (χ1n) is 5.70. The maximum atomic E-state index is 11.5. The van der Waals surface area contributed by atoms with Crippen LogP contribution in [-0.2, 0) is 4.74 Å². The number of rotatable bonds is 3. The summed E-state index contributed by atoms with van der Waals surface area (Å²) in [5.41, 5.74) is 1.62. The van der Waals surface area contributed by atoms with Gasteiger partial charge in [-0.25, -0.2) is 4.79 Å². The number of aliphatic imine (C=N–C) groups is 1. The number of hydrogen-bond acceptors (Lipinski definition) is 3. The lowest BCUT2D eigenvalue weighted by molar-refractivity contribution is 0.126. The summed E-state index contributed by atoms with van der Waals surface area (Å²) in [6.45, 7) is 7.58. The fourth-order valence-corrected chi connectivity index (χ4v) is 1.38. The van der Waals surface area contributed by atoms with Gasteiger partial charge in [-0.1, -0.05) is 13.8 Å². The summed E-state index contributed by atoms with van der Waals surface area (Å²) in [4.78, 5) is 19.5. The highest BCUT2D eigenvalue weighted by atomic mass is 16.6. The average molecular weight is 234 g/mol. The van der Waals surface area contributed by atoms with Gasteiger partial charge in [0.2, 0.25) is 0 Å². The smallest absolute Gasteiger partial charge is 0.434 e. The Morgan fingerprint density at radius 1 is 1.24 bits per heavy atom. The van der Waals surface area contributed by atoms with E-state index in [2.05, 4.69) is 9.98 Å². The molecule has 0 aromatic carbocycles. The lowest BCUT2D eigenvalue weighted by Gasteiger charge is -2.10. The molecular weight excluding hydrogens is 216 g/mol. The van der Waals surface area contributed by atoms with E-state index >= 15 is 0 Å². The first kappa shape index (κ1) is 13.4. The molecule has 0 bridgehead atoms. The number of nitrogens with zero attached hydrogens (tertiary/aromatic N) is 2. The van der Waals surface area contributed by atoms with Crippen LogP contribution in [0.3, 0.4) is 0 Å². The van der Waals surface area contributed by atoms with Gasteiger partial charge >= 0.3 is 6.09 Å². The van der Waals surface area contributed by atoms with Gasteiger partial charge in [-0.15, -0.1) is 0 Å². The molecule has 0 atom stereocenters. The molecule has 0 saturated carbocycles. The molecule has 17 heavy (non-hydrogen) atoms. The van der Waals surface area contributed by atoms with Crippen LogP contribution < -0.4 is 0 Å². The summed E-state index contributed by atoms with van der Waals surface area (Å²) in [5.74, 6) is 0.150. The fraction of sp³-hybridized carbons (Fsp3) is 0.462. The van der Waals surface area contributed by atoms with E-state index in [1.807, 2.05) is 26.0 Å². The Morgan fingerprint density at radius 2 is 1.82 bits per heavy atom. The third kappa shape index (κ3) is 4.34. The Balaban J connectivity index is 2.94. The topological polar surface area (TPSA) is 51.5 Å². The van der Waals surface area contributed by atoms with Crippen LogP contribution in [0.4, 0.5) is 4.79 Å². The second kappa shape index (κ2) is 6.13. The van der Waals surface area contributed by atoms with Crippen molar-refractivity contribution in [1.82, 2.24) is 4.98 Å². The summed E-state index contributed by atoms with van der Waals surface area (Å²) in [7, 11) is 0. The maximum absolute atomic E-state index is 11.5. The maximum Gasteiger partial charge on any atom is 0.434 e. The monoisotopic (exact) mass is 234 g/mol. The van der Waals surface area contributed by atoms with Crippen LogP contribution in [-0.4, -0.2) is 22.9 Å².